The quantitative estimate of drug-likeness (QED) is 0.230. The van der Waals surface area contributed by atoms with Gasteiger partial charge in [-0.25, -0.2) is 0 Å². The second-order valence-corrected chi connectivity index (χ2v) is 18.4. The SMILES string of the molecule is [2H][C@@H](C(=O)OCC)[C@H]1CC[C@H]2[C@@H]3CC=C4C[C@@H](O[Si](C)(C)C(C)(C)C)CC[C@]4(C)[C@H]3CC[C@]12C. The molecule has 188 valence electrons. The minimum atomic E-state index is -1.75. The molecular formula is C29H50O3Si. The highest BCUT2D eigenvalue weighted by molar-refractivity contribution is 6.74. The Morgan fingerprint density at radius 1 is 1.15 bits per heavy atom. The van der Waals surface area contributed by atoms with Crippen molar-refractivity contribution in [3.63, 3.8) is 0 Å². The lowest BCUT2D eigenvalue weighted by Crippen LogP contribution is -2.52. The highest BCUT2D eigenvalue weighted by Crippen LogP contribution is 2.66. The van der Waals surface area contributed by atoms with Gasteiger partial charge in [-0.3, -0.25) is 4.79 Å². The molecule has 4 aliphatic rings. The van der Waals surface area contributed by atoms with Gasteiger partial charge in [-0.15, -0.1) is 0 Å². The standard InChI is InChI=1S/C29H50O3Si/c1-9-31-26(30)19-21-11-13-24-23-12-10-20-18-22(32-33(7,8)27(2,3)4)14-16-28(20,5)25(23)15-17-29(21,24)6/h10,21-25H,9,11-19H2,1-8H3/t21-,22+,23+,24+,25+,28+,29-/m1/s1/i19D/t19-,21-,22+,23+,24+,25+,28+,29-. The minimum absolute atomic E-state index is 0.102. The zero-order valence-corrected chi connectivity index (χ0v) is 23.6. The Hall–Kier alpha value is -0.613. The molecule has 0 aromatic rings. The van der Waals surface area contributed by atoms with Crippen LogP contribution in [0.25, 0.3) is 0 Å². The Bertz CT molecular complexity index is 817. The van der Waals surface area contributed by atoms with Crippen LogP contribution < -0.4 is 0 Å². The van der Waals surface area contributed by atoms with Gasteiger partial charge < -0.3 is 9.16 Å². The van der Waals surface area contributed by atoms with Crippen LogP contribution in [0.4, 0.5) is 0 Å². The molecule has 0 amide bonds. The molecule has 3 fully saturated rings. The fraction of sp³-hybridized carbons (Fsp3) is 0.897. The van der Waals surface area contributed by atoms with Gasteiger partial charge in [0.1, 0.15) is 0 Å². The van der Waals surface area contributed by atoms with Crippen molar-refractivity contribution in [2.24, 2.45) is 34.5 Å². The zero-order chi connectivity index (χ0) is 25.1. The van der Waals surface area contributed by atoms with Crippen molar-refractivity contribution in [2.75, 3.05) is 6.61 Å². The number of carbonyl (C=O) groups excluding carboxylic acids is 1. The molecule has 4 aliphatic carbocycles. The van der Waals surface area contributed by atoms with Crippen LogP contribution in [0.15, 0.2) is 11.6 Å². The van der Waals surface area contributed by atoms with Crippen molar-refractivity contribution in [3.8, 4) is 0 Å². The van der Waals surface area contributed by atoms with Gasteiger partial charge in [0.15, 0.2) is 8.32 Å². The summed E-state index contributed by atoms with van der Waals surface area (Å²) in [5.41, 5.74) is 2.08. The summed E-state index contributed by atoms with van der Waals surface area (Å²) in [6.07, 6.45) is 11.6. The van der Waals surface area contributed by atoms with Crippen LogP contribution >= 0.6 is 0 Å². The first-order valence-electron chi connectivity index (χ1n) is 14.3. The number of ether oxygens (including phenoxy) is 1. The van der Waals surface area contributed by atoms with Crippen LogP contribution in [0.3, 0.4) is 0 Å². The van der Waals surface area contributed by atoms with Crippen molar-refractivity contribution in [1.82, 2.24) is 0 Å². The molecule has 3 nitrogen and oxygen atoms in total. The van der Waals surface area contributed by atoms with Crippen LogP contribution in [0.5, 0.6) is 0 Å². The molecule has 3 saturated carbocycles. The van der Waals surface area contributed by atoms with Gasteiger partial charge >= 0.3 is 5.97 Å². The van der Waals surface area contributed by atoms with Gasteiger partial charge in [-0.05, 0) is 111 Å². The van der Waals surface area contributed by atoms with E-state index in [9.17, 15) is 4.79 Å². The summed E-state index contributed by atoms with van der Waals surface area (Å²) in [6, 6.07) is 0. The summed E-state index contributed by atoms with van der Waals surface area (Å²) in [5.74, 6) is 1.91. The second kappa shape index (κ2) is 8.80. The fourth-order valence-corrected chi connectivity index (χ4v) is 9.38. The first-order valence-corrected chi connectivity index (χ1v) is 16.6. The van der Waals surface area contributed by atoms with Crippen LogP contribution in [0.1, 0.15) is 101 Å². The van der Waals surface area contributed by atoms with Crippen LogP contribution in [-0.4, -0.2) is 27.0 Å². The lowest BCUT2D eigenvalue weighted by Gasteiger charge is -2.58. The van der Waals surface area contributed by atoms with E-state index in [1.807, 2.05) is 6.92 Å². The number of fused-ring (bicyclic) bond motifs is 5. The summed E-state index contributed by atoms with van der Waals surface area (Å²) in [4.78, 5) is 12.4. The van der Waals surface area contributed by atoms with Crippen molar-refractivity contribution < 1.29 is 15.3 Å². The predicted octanol–water partition coefficient (Wildman–Crippen LogP) is 7.91. The molecule has 0 heterocycles. The van der Waals surface area contributed by atoms with E-state index in [4.69, 9.17) is 10.5 Å². The average Bonchev–Trinajstić information content (AvgIpc) is 3.09. The number of rotatable bonds is 5. The highest BCUT2D eigenvalue weighted by atomic mass is 28.4. The molecular weight excluding hydrogens is 424 g/mol. The lowest BCUT2D eigenvalue weighted by molar-refractivity contribution is -0.146. The maximum atomic E-state index is 12.4. The van der Waals surface area contributed by atoms with E-state index in [0.29, 0.717) is 30.0 Å². The molecule has 0 saturated heterocycles. The monoisotopic (exact) mass is 475 g/mol. The van der Waals surface area contributed by atoms with E-state index < -0.39 is 14.7 Å². The molecule has 4 heteroatoms. The molecule has 0 unspecified atom stereocenters. The second-order valence-electron chi connectivity index (χ2n) is 13.6. The Morgan fingerprint density at radius 2 is 1.88 bits per heavy atom. The molecule has 0 aromatic heterocycles. The Morgan fingerprint density at radius 3 is 2.55 bits per heavy atom. The molecule has 0 spiro atoms. The van der Waals surface area contributed by atoms with Crippen LogP contribution in [0, 0.1) is 34.5 Å². The Balaban J connectivity index is 1.50. The van der Waals surface area contributed by atoms with E-state index in [-0.39, 0.29) is 22.3 Å². The molecule has 0 bridgehead atoms. The van der Waals surface area contributed by atoms with Gasteiger partial charge in [0, 0.05) is 13.9 Å². The van der Waals surface area contributed by atoms with E-state index in [0.717, 1.165) is 25.2 Å². The molecule has 0 aliphatic heterocycles. The summed E-state index contributed by atoms with van der Waals surface area (Å²) in [6.45, 7) is 19.0. The lowest BCUT2D eigenvalue weighted by atomic mass is 9.47. The van der Waals surface area contributed by atoms with Gasteiger partial charge in [0.05, 0.1) is 6.61 Å². The van der Waals surface area contributed by atoms with Crippen molar-refractivity contribution in [2.45, 2.75) is 124 Å². The highest BCUT2D eigenvalue weighted by Gasteiger charge is 2.59. The van der Waals surface area contributed by atoms with E-state index in [1.165, 1.54) is 32.1 Å². The third-order valence-corrected chi connectivity index (χ3v) is 15.6. The number of carbonyl (C=O) groups is 1. The molecule has 0 N–H and O–H groups in total. The van der Waals surface area contributed by atoms with Gasteiger partial charge in [0.25, 0.3) is 0 Å². The Kier molecular flexibility index (Phi) is 6.43. The topological polar surface area (TPSA) is 35.5 Å². The van der Waals surface area contributed by atoms with Crippen molar-refractivity contribution in [1.29, 1.82) is 0 Å². The van der Waals surface area contributed by atoms with Crippen molar-refractivity contribution >= 4 is 14.3 Å². The Labute approximate surface area is 206 Å². The van der Waals surface area contributed by atoms with Crippen LogP contribution in [-0.2, 0) is 14.0 Å². The average molecular weight is 476 g/mol. The molecule has 0 aromatic carbocycles. The maximum absolute atomic E-state index is 12.4. The fourth-order valence-electron chi connectivity index (χ4n) is 7.99. The number of hydrogen-bond donors (Lipinski definition) is 0. The molecule has 33 heavy (non-hydrogen) atoms. The third kappa shape index (κ3) is 4.41. The predicted molar refractivity (Wildman–Crippen MR) is 139 cm³/mol. The van der Waals surface area contributed by atoms with Gasteiger partial charge in [0.2, 0.25) is 0 Å². The molecule has 4 rings (SSSR count). The summed E-state index contributed by atoms with van der Waals surface area (Å²) < 4.78 is 20.8. The minimum Gasteiger partial charge on any atom is -0.466 e. The van der Waals surface area contributed by atoms with Crippen molar-refractivity contribution in [3.05, 3.63) is 11.6 Å². The zero-order valence-electron chi connectivity index (χ0n) is 23.6. The number of hydrogen-bond acceptors (Lipinski definition) is 3. The van der Waals surface area contributed by atoms with E-state index in [2.05, 4.69) is 53.8 Å². The number of esters is 1. The number of allylic oxidation sites excluding steroid dienone is 1. The van der Waals surface area contributed by atoms with Gasteiger partial charge in [-0.1, -0.05) is 46.3 Å². The third-order valence-electron chi connectivity index (χ3n) is 11.0. The van der Waals surface area contributed by atoms with E-state index in [1.54, 1.807) is 5.57 Å². The smallest absolute Gasteiger partial charge is 0.306 e. The molecule has 8 atom stereocenters. The first kappa shape index (κ1) is 24.1. The van der Waals surface area contributed by atoms with E-state index >= 15 is 0 Å². The van der Waals surface area contributed by atoms with Crippen LogP contribution in [0.2, 0.25) is 18.1 Å². The maximum Gasteiger partial charge on any atom is 0.306 e. The first-order chi connectivity index (χ1) is 15.7. The molecule has 0 radical (unpaired) electrons. The normalized spacial score (nSPS) is 42.4. The summed E-state index contributed by atoms with van der Waals surface area (Å²) >= 11 is 0. The summed E-state index contributed by atoms with van der Waals surface area (Å²) in [5, 5.41) is 0.256. The van der Waals surface area contributed by atoms with Gasteiger partial charge in [-0.2, -0.15) is 0 Å². The largest absolute Gasteiger partial charge is 0.466 e. The summed E-state index contributed by atoms with van der Waals surface area (Å²) in [7, 11) is -1.75.